The number of aromatic nitrogens is 1. The lowest BCUT2D eigenvalue weighted by molar-refractivity contribution is -0.141. The Bertz CT molecular complexity index is 1030. The monoisotopic (exact) mass is 541 g/mol. The molecular formula is C22H31N5O5S3. The molecule has 4 atom stereocenters. The molecule has 0 bridgehead atoms. The molecule has 7 N–H and O–H groups in total. The summed E-state index contributed by atoms with van der Waals surface area (Å²) >= 11 is 9.69. The van der Waals surface area contributed by atoms with Gasteiger partial charge < -0.3 is 31.8 Å². The lowest BCUT2D eigenvalue weighted by Crippen LogP contribution is -2.58. The van der Waals surface area contributed by atoms with Crippen LogP contribution in [0.25, 0.3) is 10.9 Å². The zero-order valence-electron chi connectivity index (χ0n) is 19.2. The molecule has 1 heterocycles. The van der Waals surface area contributed by atoms with Gasteiger partial charge in [-0.05, 0) is 30.1 Å². The first-order valence-electron chi connectivity index (χ1n) is 10.9. The van der Waals surface area contributed by atoms with Crippen LogP contribution in [0.2, 0.25) is 0 Å². The number of nitrogens with one attached hydrogen (secondary N) is 4. The topological polar surface area (TPSA) is 166 Å². The number of thioether (sulfide) groups is 1. The van der Waals surface area contributed by atoms with Gasteiger partial charge in [-0.1, -0.05) is 18.2 Å². The third-order valence-electron chi connectivity index (χ3n) is 5.31. The van der Waals surface area contributed by atoms with Gasteiger partial charge in [-0.25, -0.2) is 4.79 Å². The highest BCUT2D eigenvalue weighted by Gasteiger charge is 2.30. The van der Waals surface area contributed by atoms with E-state index in [4.69, 9.17) is 5.73 Å². The van der Waals surface area contributed by atoms with Crippen molar-refractivity contribution < 1.29 is 24.3 Å². The van der Waals surface area contributed by atoms with Crippen molar-refractivity contribution in [2.45, 2.75) is 37.0 Å². The predicted molar refractivity (Wildman–Crippen MR) is 144 cm³/mol. The largest absolute Gasteiger partial charge is 0.480 e. The van der Waals surface area contributed by atoms with Crippen molar-refractivity contribution in [3.63, 3.8) is 0 Å². The number of rotatable bonds is 14. The quantitative estimate of drug-likeness (QED) is 0.158. The van der Waals surface area contributed by atoms with E-state index in [0.29, 0.717) is 12.2 Å². The molecule has 0 aliphatic carbocycles. The number of H-pyrrole nitrogens is 1. The molecule has 0 saturated carbocycles. The first kappa shape index (κ1) is 28.9. The molecule has 0 radical (unpaired) electrons. The van der Waals surface area contributed by atoms with Crippen LogP contribution in [0.3, 0.4) is 0 Å². The Balaban J connectivity index is 2.21. The smallest absolute Gasteiger partial charge is 0.327 e. The van der Waals surface area contributed by atoms with Crippen LogP contribution in [0.5, 0.6) is 0 Å². The molecule has 0 saturated heterocycles. The normalized spacial score (nSPS) is 14.5. The maximum Gasteiger partial charge on any atom is 0.327 e. The van der Waals surface area contributed by atoms with Crippen LogP contribution in [0, 0.1) is 0 Å². The van der Waals surface area contributed by atoms with E-state index in [1.165, 1.54) is 0 Å². The molecule has 0 aliphatic heterocycles. The van der Waals surface area contributed by atoms with Gasteiger partial charge in [0.2, 0.25) is 17.7 Å². The van der Waals surface area contributed by atoms with Gasteiger partial charge in [0.25, 0.3) is 0 Å². The number of amides is 3. The zero-order valence-corrected chi connectivity index (χ0v) is 21.8. The van der Waals surface area contributed by atoms with E-state index in [9.17, 15) is 24.3 Å². The standard InChI is InChI=1S/C22H31N5O5S3/c1-35-7-6-14(23)19(28)26-17(10-33)21(30)25-16(20(29)27-18(11-34)22(31)32)8-12-9-24-15-5-3-2-4-13(12)15/h2-5,9,14,16-18,24,33-34H,6-8,10-11,23H2,1H3,(H,25,30)(H,26,28)(H,27,29)(H,31,32). The number of thiol groups is 2. The summed E-state index contributed by atoms with van der Waals surface area (Å²) in [6, 6.07) is 3.29. The Morgan fingerprint density at radius 2 is 1.60 bits per heavy atom. The van der Waals surface area contributed by atoms with Gasteiger partial charge in [0.05, 0.1) is 6.04 Å². The molecule has 2 rings (SSSR count). The van der Waals surface area contributed by atoms with Crippen LogP contribution in [0.15, 0.2) is 30.5 Å². The zero-order chi connectivity index (χ0) is 26.0. The van der Waals surface area contributed by atoms with E-state index >= 15 is 0 Å². The molecule has 1 aromatic carbocycles. The number of hydrogen-bond donors (Lipinski definition) is 8. The average molecular weight is 542 g/mol. The summed E-state index contributed by atoms with van der Waals surface area (Å²) in [4.78, 5) is 52.9. The van der Waals surface area contributed by atoms with Crippen molar-refractivity contribution in [3.8, 4) is 0 Å². The molecule has 0 aliphatic rings. The Morgan fingerprint density at radius 3 is 2.23 bits per heavy atom. The van der Waals surface area contributed by atoms with Gasteiger partial charge in [-0.15, -0.1) is 0 Å². The minimum absolute atomic E-state index is 0.0252. The van der Waals surface area contributed by atoms with Crippen molar-refractivity contribution in [1.82, 2.24) is 20.9 Å². The van der Waals surface area contributed by atoms with E-state index in [1.54, 1.807) is 18.0 Å². The van der Waals surface area contributed by atoms with E-state index in [-0.39, 0.29) is 17.9 Å². The predicted octanol–water partition coefficient (Wildman–Crippen LogP) is 0.189. The minimum atomic E-state index is -1.25. The van der Waals surface area contributed by atoms with Crippen molar-refractivity contribution in [2.24, 2.45) is 5.73 Å². The number of hydrogen-bond acceptors (Lipinski definition) is 8. The first-order valence-corrected chi connectivity index (χ1v) is 13.5. The van der Waals surface area contributed by atoms with E-state index in [0.717, 1.165) is 16.5 Å². The van der Waals surface area contributed by atoms with Crippen molar-refractivity contribution in [3.05, 3.63) is 36.0 Å². The fraction of sp³-hybridized carbons (Fsp3) is 0.455. The summed E-state index contributed by atoms with van der Waals surface area (Å²) in [6.45, 7) is 0. The highest BCUT2D eigenvalue weighted by Crippen LogP contribution is 2.19. The summed E-state index contributed by atoms with van der Waals surface area (Å²) in [7, 11) is 0. The number of aromatic amines is 1. The number of para-hydroxylation sites is 1. The van der Waals surface area contributed by atoms with Gasteiger partial charge in [0.15, 0.2) is 0 Å². The molecule has 4 unspecified atom stereocenters. The van der Waals surface area contributed by atoms with Crippen molar-refractivity contribution in [2.75, 3.05) is 23.5 Å². The number of benzene rings is 1. The van der Waals surface area contributed by atoms with Gasteiger partial charge in [-0.3, -0.25) is 14.4 Å². The number of fused-ring (bicyclic) bond motifs is 1. The summed E-state index contributed by atoms with van der Waals surface area (Å²) in [5.41, 5.74) is 7.49. The Morgan fingerprint density at radius 1 is 1.00 bits per heavy atom. The van der Waals surface area contributed by atoms with Crippen molar-refractivity contribution in [1.29, 1.82) is 0 Å². The Hall–Kier alpha value is -2.35. The number of carbonyl (C=O) groups excluding carboxylic acids is 3. The third kappa shape index (κ3) is 8.37. The van der Waals surface area contributed by atoms with Gasteiger partial charge in [0, 0.05) is 35.0 Å². The summed E-state index contributed by atoms with van der Waals surface area (Å²) in [5.74, 6) is -2.53. The fourth-order valence-corrected chi connectivity index (χ4v) is 4.30. The van der Waals surface area contributed by atoms with E-state index < -0.39 is 47.9 Å². The van der Waals surface area contributed by atoms with E-state index in [1.807, 2.05) is 30.5 Å². The number of carboxylic acids is 1. The number of carbonyl (C=O) groups is 4. The Kier molecular flexibility index (Phi) is 11.8. The SMILES string of the molecule is CSCCC(N)C(=O)NC(CS)C(=O)NC(Cc1c[nH]c2ccccc12)C(=O)NC(CS)C(=O)O. The molecule has 13 heteroatoms. The second-order valence-electron chi connectivity index (χ2n) is 7.84. The van der Waals surface area contributed by atoms with Crippen LogP contribution in [-0.4, -0.2) is 81.5 Å². The summed E-state index contributed by atoms with van der Waals surface area (Å²) < 4.78 is 0. The molecule has 192 valence electrons. The van der Waals surface area contributed by atoms with Crippen LogP contribution < -0.4 is 21.7 Å². The Labute approximate surface area is 218 Å². The maximum absolute atomic E-state index is 13.0. The van der Waals surface area contributed by atoms with Crippen LogP contribution >= 0.6 is 37.0 Å². The highest BCUT2D eigenvalue weighted by atomic mass is 32.2. The molecule has 3 amide bonds. The summed E-state index contributed by atoms with van der Waals surface area (Å²) in [6.07, 6.45) is 4.16. The molecule has 2 aromatic rings. The van der Waals surface area contributed by atoms with Crippen LogP contribution in [-0.2, 0) is 25.6 Å². The van der Waals surface area contributed by atoms with Crippen LogP contribution in [0.4, 0.5) is 0 Å². The fourth-order valence-electron chi connectivity index (χ4n) is 3.31. The lowest BCUT2D eigenvalue weighted by Gasteiger charge is -2.24. The first-order chi connectivity index (χ1) is 16.7. The maximum atomic E-state index is 13.0. The summed E-state index contributed by atoms with van der Waals surface area (Å²) in [5, 5.41) is 17.8. The molecule has 0 spiro atoms. The minimum Gasteiger partial charge on any atom is -0.480 e. The molecular weight excluding hydrogens is 510 g/mol. The second-order valence-corrected chi connectivity index (χ2v) is 9.55. The highest BCUT2D eigenvalue weighted by molar-refractivity contribution is 7.98. The van der Waals surface area contributed by atoms with Gasteiger partial charge >= 0.3 is 5.97 Å². The molecule has 35 heavy (non-hydrogen) atoms. The van der Waals surface area contributed by atoms with Gasteiger partial charge in [0.1, 0.15) is 18.1 Å². The molecule has 0 fully saturated rings. The van der Waals surface area contributed by atoms with Gasteiger partial charge in [-0.2, -0.15) is 37.0 Å². The van der Waals surface area contributed by atoms with Crippen molar-refractivity contribution >= 4 is 71.6 Å². The number of aliphatic carboxylic acids is 1. The average Bonchev–Trinajstić information content (AvgIpc) is 3.25. The number of carboxylic acid groups (broad SMARTS) is 1. The van der Waals surface area contributed by atoms with Crippen LogP contribution in [0.1, 0.15) is 12.0 Å². The molecule has 1 aromatic heterocycles. The van der Waals surface area contributed by atoms with E-state index in [2.05, 4.69) is 46.2 Å². The third-order valence-corrected chi connectivity index (χ3v) is 6.69. The lowest BCUT2D eigenvalue weighted by atomic mass is 10.0. The molecule has 10 nitrogen and oxygen atoms in total. The number of nitrogens with two attached hydrogens (primary N) is 1. The second kappa shape index (κ2) is 14.3.